The Balaban J connectivity index is 2.48. The van der Waals surface area contributed by atoms with E-state index in [0.29, 0.717) is 23.0 Å². The monoisotopic (exact) mass is 281 g/mol. The normalized spacial score (nSPS) is 10.9. The standard InChI is InChI=1S/C17H15NO3/c1-2-18-14-10-12(19)8-9-13(14)16(20)15(17(18)21)11-6-4-3-5-7-11/h3-10,19-20H,2H2,1H3. The number of hydrogen-bond acceptors (Lipinski definition) is 3. The highest BCUT2D eigenvalue weighted by atomic mass is 16.3. The van der Waals surface area contributed by atoms with Gasteiger partial charge in [-0.15, -0.1) is 0 Å². The number of pyridine rings is 1. The summed E-state index contributed by atoms with van der Waals surface area (Å²) in [5.74, 6) is 0.0156. The topological polar surface area (TPSA) is 62.5 Å². The lowest BCUT2D eigenvalue weighted by molar-refractivity contribution is 0.474. The van der Waals surface area contributed by atoms with Crippen LogP contribution in [-0.4, -0.2) is 14.8 Å². The van der Waals surface area contributed by atoms with Crippen molar-refractivity contribution < 1.29 is 10.2 Å². The van der Waals surface area contributed by atoms with E-state index in [0.717, 1.165) is 0 Å². The van der Waals surface area contributed by atoms with Crippen molar-refractivity contribution in [1.82, 2.24) is 4.57 Å². The van der Waals surface area contributed by atoms with Crippen molar-refractivity contribution in [2.45, 2.75) is 13.5 Å². The number of fused-ring (bicyclic) bond motifs is 1. The van der Waals surface area contributed by atoms with Crippen LogP contribution in [0, 0.1) is 0 Å². The lowest BCUT2D eigenvalue weighted by Gasteiger charge is -2.14. The third-order valence-corrected chi connectivity index (χ3v) is 3.60. The predicted octanol–water partition coefficient (Wildman–Crippen LogP) is 3.10. The van der Waals surface area contributed by atoms with Crippen molar-refractivity contribution in [2.24, 2.45) is 0 Å². The first-order valence-corrected chi connectivity index (χ1v) is 6.77. The molecule has 0 bridgehead atoms. The molecule has 0 saturated heterocycles. The summed E-state index contributed by atoms with van der Waals surface area (Å²) < 4.78 is 1.55. The number of aromatic hydroxyl groups is 2. The average molecular weight is 281 g/mol. The highest BCUT2D eigenvalue weighted by Crippen LogP contribution is 2.34. The van der Waals surface area contributed by atoms with Crippen molar-refractivity contribution in [3.8, 4) is 22.6 Å². The summed E-state index contributed by atoms with van der Waals surface area (Å²) >= 11 is 0. The molecule has 0 amide bonds. The second-order valence-electron chi connectivity index (χ2n) is 4.84. The Hall–Kier alpha value is -2.75. The van der Waals surface area contributed by atoms with Crippen molar-refractivity contribution in [2.75, 3.05) is 0 Å². The Morgan fingerprint density at radius 3 is 2.43 bits per heavy atom. The molecule has 0 aliphatic carbocycles. The molecule has 0 aliphatic rings. The Kier molecular flexibility index (Phi) is 3.14. The van der Waals surface area contributed by atoms with E-state index in [2.05, 4.69) is 0 Å². The van der Waals surface area contributed by atoms with Gasteiger partial charge in [0.15, 0.2) is 0 Å². The lowest BCUT2D eigenvalue weighted by Crippen LogP contribution is -2.21. The number of phenols is 1. The fourth-order valence-corrected chi connectivity index (χ4v) is 2.60. The van der Waals surface area contributed by atoms with E-state index >= 15 is 0 Å². The summed E-state index contributed by atoms with van der Waals surface area (Å²) in [6.45, 7) is 2.32. The zero-order valence-electron chi connectivity index (χ0n) is 11.6. The van der Waals surface area contributed by atoms with Crippen LogP contribution in [-0.2, 0) is 6.54 Å². The largest absolute Gasteiger partial charge is 0.508 e. The second-order valence-corrected chi connectivity index (χ2v) is 4.84. The maximum Gasteiger partial charge on any atom is 0.262 e. The van der Waals surface area contributed by atoms with E-state index < -0.39 is 0 Å². The van der Waals surface area contributed by atoms with Gasteiger partial charge in [-0.1, -0.05) is 30.3 Å². The Bertz CT molecular complexity index is 867. The number of phenolic OH excluding ortho intramolecular Hbond substituents is 1. The second kappa shape index (κ2) is 4.98. The molecule has 0 radical (unpaired) electrons. The molecule has 0 spiro atoms. The summed E-state index contributed by atoms with van der Waals surface area (Å²) in [5.41, 5.74) is 1.23. The van der Waals surface area contributed by atoms with Gasteiger partial charge in [-0.25, -0.2) is 0 Å². The number of nitrogens with zero attached hydrogens (tertiary/aromatic N) is 1. The van der Waals surface area contributed by atoms with Gasteiger partial charge in [0.05, 0.1) is 11.1 Å². The van der Waals surface area contributed by atoms with Gasteiger partial charge in [-0.05, 0) is 24.6 Å². The van der Waals surface area contributed by atoms with Gasteiger partial charge >= 0.3 is 0 Å². The molecule has 0 fully saturated rings. The lowest BCUT2D eigenvalue weighted by atomic mass is 10.0. The molecule has 0 aliphatic heterocycles. The quantitative estimate of drug-likeness (QED) is 0.758. The molecule has 0 saturated carbocycles. The van der Waals surface area contributed by atoms with Crippen molar-refractivity contribution >= 4 is 10.9 Å². The van der Waals surface area contributed by atoms with E-state index in [-0.39, 0.29) is 22.6 Å². The number of rotatable bonds is 2. The van der Waals surface area contributed by atoms with Crippen molar-refractivity contribution in [3.05, 3.63) is 58.9 Å². The van der Waals surface area contributed by atoms with Gasteiger partial charge in [-0.3, -0.25) is 4.79 Å². The SMILES string of the molecule is CCn1c(=O)c(-c2ccccc2)c(O)c2ccc(O)cc21. The molecule has 21 heavy (non-hydrogen) atoms. The van der Waals surface area contributed by atoms with E-state index in [1.54, 1.807) is 22.8 Å². The number of aryl methyl sites for hydroxylation is 1. The number of hydrogen-bond donors (Lipinski definition) is 2. The van der Waals surface area contributed by atoms with Crippen LogP contribution in [0.5, 0.6) is 11.5 Å². The summed E-state index contributed by atoms with van der Waals surface area (Å²) in [5, 5.41) is 20.7. The zero-order chi connectivity index (χ0) is 15.0. The molecule has 0 unspecified atom stereocenters. The number of aromatic nitrogens is 1. The van der Waals surface area contributed by atoms with Crippen LogP contribution in [0.4, 0.5) is 0 Å². The highest BCUT2D eigenvalue weighted by molar-refractivity contribution is 5.92. The average Bonchev–Trinajstić information content (AvgIpc) is 2.48. The molecule has 3 aromatic rings. The third-order valence-electron chi connectivity index (χ3n) is 3.60. The first-order chi connectivity index (χ1) is 10.1. The Labute approximate surface area is 121 Å². The van der Waals surface area contributed by atoms with Crippen LogP contribution in [0.3, 0.4) is 0 Å². The Morgan fingerprint density at radius 2 is 1.76 bits per heavy atom. The Morgan fingerprint density at radius 1 is 1.05 bits per heavy atom. The molecule has 2 aromatic carbocycles. The molecule has 4 nitrogen and oxygen atoms in total. The molecular weight excluding hydrogens is 266 g/mol. The molecule has 2 N–H and O–H groups in total. The van der Waals surface area contributed by atoms with Gasteiger partial charge in [0.2, 0.25) is 0 Å². The fourth-order valence-electron chi connectivity index (χ4n) is 2.60. The van der Waals surface area contributed by atoms with Crippen LogP contribution in [0.25, 0.3) is 22.0 Å². The van der Waals surface area contributed by atoms with Crippen LogP contribution in [0.15, 0.2) is 53.3 Å². The maximum atomic E-state index is 12.7. The highest BCUT2D eigenvalue weighted by Gasteiger charge is 2.17. The smallest absolute Gasteiger partial charge is 0.262 e. The van der Waals surface area contributed by atoms with Crippen LogP contribution in [0.2, 0.25) is 0 Å². The first kappa shape index (κ1) is 13.2. The fraction of sp³-hybridized carbons (Fsp3) is 0.118. The minimum atomic E-state index is -0.265. The third kappa shape index (κ3) is 2.05. The van der Waals surface area contributed by atoms with E-state index in [9.17, 15) is 15.0 Å². The van der Waals surface area contributed by atoms with Gasteiger partial charge in [0.25, 0.3) is 5.56 Å². The summed E-state index contributed by atoms with van der Waals surface area (Å²) in [6.07, 6.45) is 0. The summed E-state index contributed by atoms with van der Waals surface area (Å²) in [6, 6.07) is 13.7. The van der Waals surface area contributed by atoms with Crippen molar-refractivity contribution in [3.63, 3.8) is 0 Å². The van der Waals surface area contributed by atoms with Gasteiger partial charge < -0.3 is 14.8 Å². The van der Waals surface area contributed by atoms with Crippen molar-refractivity contribution in [1.29, 1.82) is 0 Å². The van der Waals surface area contributed by atoms with Gasteiger partial charge in [-0.2, -0.15) is 0 Å². The van der Waals surface area contributed by atoms with Crippen LogP contribution in [0.1, 0.15) is 6.92 Å². The van der Waals surface area contributed by atoms with Crippen LogP contribution >= 0.6 is 0 Å². The minimum absolute atomic E-state index is 0.0501. The summed E-state index contributed by atoms with van der Waals surface area (Å²) in [4.78, 5) is 12.7. The number of benzene rings is 2. The molecule has 4 heteroatoms. The zero-order valence-corrected chi connectivity index (χ0v) is 11.6. The molecular formula is C17H15NO3. The molecule has 1 heterocycles. The van der Waals surface area contributed by atoms with E-state index in [4.69, 9.17) is 0 Å². The van der Waals surface area contributed by atoms with E-state index in [1.165, 1.54) is 12.1 Å². The molecule has 3 rings (SSSR count). The maximum absolute atomic E-state index is 12.7. The molecule has 1 aromatic heterocycles. The molecule has 0 atom stereocenters. The van der Waals surface area contributed by atoms with Gasteiger partial charge in [0.1, 0.15) is 11.5 Å². The molecule has 106 valence electrons. The summed E-state index contributed by atoms with van der Waals surface area (Å²) in [7, 11) is 0. The first-order valence-electron chi connectivity index (χ1n) is 6.77. The van der Waals surface area contributed by atoms with Crippen LogP contribution < -0.4 is 5.56 Å². The predicted molar refractivity (Wildman–Crippen MR) is 82.6 cm³/mol. The minimum Gasteiger partial charge on any atom is -0.508 e. The van der Waals surface area contributed by atoms with Gasteiger partial charge in [0, 0.05) is 18.0 Å². The van der Waals surface area contributed by atoms with E-state index in [1.807, 2.05) is 25.1 Å².